The fourth-order valence-corrected chi connectivity index (χ4v) is 2.76. The molecule has 1 aliphatic heterocycles. The van der Waals surface area contributed by atoms with E-state index >= 15 is 0 Å². The van der Waals surface area contributed by atoms with Gasteiger partial charge in [-0.1, -0.05) is 18.2 Å². The Morgan fingerprint density at radius 3 is 2.52 bits per heavy atom. The third-order valence-corrected chi connectivity index (χ3v) is 4.05. The molecule has 0 radical (unpaired) electrons. The van der Waals surface area contributed by atoms with Gasteiger partial charge >= 0.3 is 5.97 Å². The maximum atomic E-state index is 12.6. The van der Waals surface area contributed by atoms with Crippen LogP contribution in [0.4, 0.5) is 11.4 Å². The van der Waals surface area contributed by atoms with Gasteiger partial charge < -0.3 is 19.7 Å². The lowest BCUT2D eigenvalue weighted by Crippen LogP contribution is -2.36. The average molecular weight is 340 g/mol. The van der Waals surface area contributed by atoms with Crippen LogP contribution in [-0.2, 0) is 9.47 Å². The number of ether oxygens (including phenoxy) is 2. The summed E-state index contributed by atoms with van der Waals surface area (Å²) >= 11 is 0. The molecule has 1 aliphatic rings. The van der Waals surface area contributed by atoms with Gasteiger partial charge in [0.05, 0.1) is 37.3 Å². The van der Waals surface area contributed by atoms with E-state index in [0.29, 0.717) is 24.3 Å². The maximum absolute atomic E-state index is 12.6. The Morgan fingerprint density at radius 2 is 1.76 bits per heavy atom. The summed E-state index contributed by atoms with van der Waals surface area (Å²) in [6.45, 7) is 2.91. The van der Waals surface area contributed by atoms with E-state index in [-0.39, 0.29) is 5.91 Å². The van der Waals surface area contributed by atoms with Gasteiger partial charge in [-0.05, 0) is 30.3 Å². The van der Waals surface area contributed by atoms with Gasteiger partial charge in [-0.3, -0.25) is 4.79 Å². The second-order valence-corrected chi connectivity index (χ2v) is 5.64. The molecule has 25 heavy (non-hydrogen) atoms. The summed E-state index contributed by atoms with van der Waals surface area (Å²) in [7, 11) is 1.31. The number of amides is 1. The third kappa shape index (κ3) is 3.97. The maximum Gasteiger partial charge on any atom is 0.337 e. The Bertz CT molecular complexity index is 770. The normalized spacial score (nSPS) is 14.0. The monoisotopic (exact) mass is 340 g/mol. The lowest BCUT2D eigenvalue weighted by molar-refractivity contribution is 0.0600. The van der Waals surface area contributed by atoms with Crippen LogP contribution in [0.3, 0.4) is 0 Å². The zero-order valence-corrected chi connectivity index (χ0v) is 14.0. The summed E-state index contributed by atoms with van der Waals surface area (Å²) in [5.74, 6) is -0.741. The molecule has 130 valence electrons. The second-order valence-electron chi connectivity index (χ2n) is 5.64. The smallest absolute Gasteiger partial charge is 0.337 e. The van der Waals surface area contributed by atoms with Crippen molar-refractivity contribution in [2.45, 2.75) is 0 Å². The van der Waals surface area contributed by atoms with Crippen molar-refractivity contribution in [2.24, 2.45) is 0 Å². The fourth-order valence-electron chi connectivity index (χ4n) is 2.76. The van der Waals surface area contributed by atoms with Crippen LogP contribution in [0.1, 0.15) is 20.7 Å². The summed E-state index contributed by atoms with van der Waals surface area (Å²) < 4.78 is 10.1. The Labute approximate surface area is 146 Å². The van der Waals surface area contributed by atoms with Gasteiger partial charge in [0, 0.05) is 18.7 Å². The summed E-state index contributed by atoms with van der Waals surface area (Å²) in [5, 5.41) is 2.93. The highest BCUT2D eigenvalue weighted by Crippen LogP contribution is 2.26. The SMILES string of the molecule is COC(=O)c1cccc(C(=O)Nc2ccccc2N2CCOCC2)c1. The Balaban J connectivity index is 1.80. The summed E-state index contributed by atoms with van der Waals surface area (Å²) in [6.07, 6.45) is 0. The van der Waals surface area contributed by atoms with Crippen molar-refractivity contribution in [2.75, 3.05) is 43.6 Å². The minimum Gasteiger partial charge on any atom is -0.465 e. The number of carbonyl (C=O) groups excluding carboxylic acids is 2. The number of para-hydroxylation sites is 2. The number of carbonyl (C=O) groups is 2. The van der Waals surface area contributed by atoms with Crippen LogP contribution in [0.15, 0.2) is 48.5 Å². The van der Waals surface area contributed by atoms with Crippen LogP contribution in [0, 0.1) is 0 Å². The first kappa shape index (κ1) is 17.0. The van der Waals surface area contributed by atoms with Crippen LogP contribution in [0.2, 0.25) is 0 Å². The zero-order valence-electron chi connectivity index (χ0n) is 14.0. The van der Waals surface area contributed by atoms with Gasteiger partial charge in [0.15, 0.2) is 0 Å². The molecule has 0 spiro atoms. The zero-order chi connectivity index (χ0) is 17.6. The molecular weight excluding hydrogens is 320 g/mol. The Hall–Kier alpha value is -2.86. The lowest BCUT2D eigenvalue weighted by Gasteiger charge is -2.30. The largest absolute Gasteiger partial charge is 0.465 e. The molecule has 2 aromatic rings. The number of rotatable bonds is 4. The molecule has 0 aromatic heterocycles. The molecule has 1 N–H and O–H groups in total. The number of hydrogen-bond donors (Lipinski definition) is 1. The molecule has 0 atom stereocenters. The molecule has 0 aliphatic carbocycles. The first-order valence-electron chi connectivity index (χ1n) is 8.10. The topological polar surface area (TPSA) is 67.9 Å². The van der Waals surface area contributed by atoms with Crippen molar-refractivity contribution in [1.29, 1.82) is 0 Å². The summed E-state index contributed by atoms with van der Waals surface area (Å²) in [6, 6.07) is 14.1. The van der Waals surface area contributed by atoms with E-state index in [0.717, 1.165) is 24.5 Å². The number of anilines is 2. The first-order chi connectivity index (χ1) is 12.2. The van der Waals surface area contributed by atoms with Gasteiger partial charge in [0.1, 0.15) is 0 Å². The number of morpholine rings is 1. The van der Waals surface area contributed by atoms with Gasteiger partial charge in [0.2, 0.25) is 0 Å². The lowest BCUT2D eigenvalue weighted by atomic mass is 10.1. The van der Waals surface area contributed by atoms with Crippen LogP contribution in [0.25, 0.3) is 0 Å². The quantitative estimate of drug-likeness (QED) is 0.867. The molecule has 0 unspecified atom stereocenters. The predicted octanol–water partition coefficient (Wildman–Crippen LogP) is 2.56. The van der Waals surface area contributed by atoms with E-state index in [1.165, 1.54) is 13.2 Å². The average Bonchev–Trinajstić information content (AvgIpc) is 2.68. The predicted molar refractivity (Wildman–Crippen MR) is 95.2 cm³/mol. The standard InChI is InChI=1S/C19H20N2O4/c1-24-19(23)15-6-4-5-14(13-15)18(22)20-16-7-2-3-8-17(16)21-9-11-25-12-10-21/h2-8,13H,9-12H2,1H3,(H,20,22). The van der Waals surface area contributed by atoms with Crippen molar-refractivity contribution < 1.29 is 19.1 Å². The van der Waals surface area contributed by atoms with Crippen LogP contribution in [-0.4, -0.2) is 45.3 Å². The van der Waals surface area contributed by atoms with Gasteiger partial charge in [-0.25, -0.2) is 4.79 Å². The van der Waals surface area contributed by atoms with E-state index in [9.17, 15) is 9.59 Å². The number of nitrogens with zero attached hydrogens (tertiary/aromatic N) is 1. The number of nitrogens with one attached hydrogen (secondary N) is 1. The summed E-state index contributed by atoms with van der Waals surface area (Å²) in [5.41, 5.74) is 2.44. The van der Waals surface area contributed by atoms with Crippen molar-refractivity contribution in [1.82, 2.24) is 0 Å². The van der Waals surface area contributed by atoms with Gasteiger partial charge in [-0.15, -0.1) is 0 Å². The van der Waals surface area contributed by atoms with Crippen molar-refractivity contribution in [3.05, 3.63) is 59.7 Å². The van der Waals surface area contributed by atoms with Crippen LogP contribution in [0.5, 0.6) is 0 Å². The second kappa shape index (κ2) is 7.81. The van der Waals surface area contributed by atoms with Crippen LogP contribution >= 0.6 is 0 Å². The molecule has 0 saturated carbocycles. The highest BCUT2D eigenvalue weighted by atomic mass is 16.5. The van der Waals surface area contributed by atoms with Crippen molar-refractivity contribution in [3.63, 3.8) is 0 Å². The molecule has 2 aromatic carbocycles. The molecule has 1 amide bonds. The van der Waals surface area contributed by atoms with Gasteiger partial charge in [-0.2, -0.15) is 0 Å². The number of benzene rings is 2. The molecule has 0 bridgehead atoms. The Morgan fingerprint density at radius 1 is 1.04 bits per heavy atom. The molecule has 6 nitrogen and oxygen atoms in total. The molecule has 6 heteroatoms. The van der Waals surface area contributed by atoms with Crippen molar-refractivity contribution in [3.8, 4) is 0 Å². The van der Waals surface area contributed by atoms with Crippen molar-refractivity contribution >= 4 is 23.3 Å². The van der Waals surface area contributed by atoms with E-state index in [1.807, 2.05) is 24.3 Å². The fraction of sp³-hybridized carbons (Fsp3) is 0.263. The molecular formula is C19H20N2O4. The molecule has 1 fully saturated rings. The summed E-state index contributed by atoms with van der Waals surface area (Å²) in [4.78, 5) is 26.4. The van der Waals surface area contributed by atoms with E-state index < -0.39 is 5.97 Å². The molecule has 1 heterocycles. The van der Waals surface area contributed by atoms with Crippen LogP contribution < -0.4 is 10.2 Å². The molecule has 3 rings (SSSR count). The highest BCUT2D eigenvalue weighted by molar-refractivity contribution is 6.07. The number of esters is 1. The van der Waals surface area contributed by atoms with Gasteiger partial charge in [0.25, 0.3) is 5.91 Å². The minimum absolute atomic E-state index is 0.272. The van der Waals surface area contributed by atoms with E-state index in [4.69, 9.17) is 9.47 Å². The van der Waals surface area contributed by atoms with E-state index in [2.05, 4.69) is 10.2 Å². The number of hydrogen-bond acceptors (Lipinski definition) is 5. The highest BCUT2D eigenvalue weighted by Gasteiger charge is 2.17. The third-order valence-electron chi connectivity index (χ3n) is 4.05. The van der Waals surface area contributed by atoms with E-state index in [1.54, 1.807) is 18.2 Å². The number of methoxy groups -OCH3 is 1. The minimum atomic E-state index is -0.469. The molecule has 1 saturated heterocycles. The Kier molecular flexibility index (Phi) is 5.30. The first-order valence-corrected chi connectivity index (χ1v) is 8.10.